The Balaban J connectivity index is 1.30. The van der Waals surface area contributed by atoms with E-state index in [-0.39, 0.29) is 23.6 Å². The summed E-state index contributed by atoms with van der Waals surface area (Å²) in [5.41, 5.74) is 1.01. The average molecular weight is 614 g/mol. The predicted octanol–water partition coefficient (Wildman–Crippen LogP) is 1.55. The molecule has 2 fully saturated rings. The van der Waals surface area contributed by atoms with Gasteiger partial charge in [-0.05, 0) is 30.0 Å². The molecule has 0 radical (unpaired) electrons. The van der Waals surface area contributed by atoms with Crippen molar-refractivity contribution in [1.29, 1.82) is 0 Å². The Morgan fingerprint density at radius 3 is 2.56 bits per heavy atom. The molecule has 3 aromatic rings. The summed E-state index contributed by atoms with van der Waals surface area (Å²) in [5.74, 6) is 0.496. The minimum atomic E-state index is -5.09. The van der Waals surface area contributed by atoms with Crippen LogP contribution in [-0.4, -0.2) is 94.4 Å². The van der Waals surface area contributed by atoms with Crippen LogP contribution in [0.2, 0.25) is 5.28 Å². The summed E-state index contributed by atoms with van der Waals surface area (Å²) in [4.78, 5) is 28.6. The number of nitrogens with one attached hydrogen (secondary N) is 1. The highest BCUT2D eigenvalue weighted by atomic mass is 35.5. The molecule has 41 heavy (non-hydrogen) atoms. The molecule has 1 aliphatic heterocycles. The topological polar surface area (TPSA) is 202 Å². The zero-order chi connectivity index (χ0) is 29.2. The van der Waals surface area contributed by atoms with Crippen molar-refractivity contribution < 1.29 is 43.9 Å². The lowest BCUT2D eigenvalue weighted by molar-refractivity contribution is -0.131. The number of aliphatic hydroxyl groups is 3. The van der Waals surface area contributed by atoms with E-state index in [0.717, 1.165) is 31.2 Å². The number of aliphatic hydroxyl groups excluding tert-OH is 3. The number of hydrogen-bond acceptors (Lipinski definition) is 11. The minimum absolute atomic E-state index is 0.0175. The maximum atomic E-state index is 12.4. The normalized spacial score (nSPS) is 25.1. The van der Waals surface area contributed by atoms with Crippen molar-refractivity contribution in [1.82, 2.24) is 19.7 Å². The van der Waals surface area contributed by atoms with E-state index in [2.05, 4.69) is 20.4 Å². The third-order valence-electron chi connectivity index (χ3n) is 7.43. The Morgan fingerprint density at radius 1 is 1.15 bits per heavy atom. The van der Waals surface area contributed by atoms with Crippen molar-refractivity contribution >= 4 is 36.0 Å². The van der Waals surface area contributed by atoms with E-state index < -0.39 is 57.3 Å². The lowest BCUT2D eigenvalue weighted by Crippen LogP contribution is -2.45. The van der Waals surface area contributed by atoms with Crippen molar-refractivity contribution in [2.45, 2.75) is 68.2 Å². The third-order valence-corrected chi connectivity index (χ3v) is 9.06. The van der Waals surface area contributed by atoms with Gasteiger partial charge in [-0.1, -0.05) is 43.2 Å². The van der Waals surface area contributed by atoms with Gasteiger partial charge in [0.05, 0.1) is 38.0 Å². The summed E-state index contributed by atoms with van der Waals surface area (Å²) < 4.78 is 30.5. The van der Waals surface area contributed by atoms with Crippen LogP contribution in [0, 0.1) is 0 Å². The second kappa shape index (κ2) is 12.6. The number of halogens is 1. The summed E-state index contributed by atoms with van der Waals surface area (Å²) in [6.07, 6.45) is 0.230. The largest absolute Gasteiger partial charge is 0.393 e. The molecule has 1 aliphatic carbocycles. The first-order valence-corrected chi connectivity index (χ1v) is 15.2. The van der Waals surface area contributed by atoms with E-state index in [9.17, 15) is 29.7 Å². The zero-order valence-electron chi connectivity index (χ0n) is 22.0. The SMILES string of the molecule is O=P(O)(O)C(CO)(COCc1ccccc1)OCC1O[C@@H](n2ncc3c(NC4CCCC4)nc(Cl)nc32)[C@H](O)[C@@H]1O. The Labute approximate surface area is 240 Å². The second-order valence-electron chi connectivity index (χ2n) is 10.3. The molecular formula is C25H33ClN5O9P. The fraction of sp³-hybridized carbons (Fsp3) is 0.560. The summed E-state index contributed by atoms with van der Waals surface area (Å²) in [6, 6.07) is 9.17. The van der Waals surface area contributed by atoms with Crippen molar-refractivity contribution in [2.75, 3.05) is 25.1 Å². The fourth-order valence-electron chi connectivity index (χ4n) is 5.06. The molecule has 0 bridgehead atoms. The predicted molar refractivity (Wildman–Crippen MR) is 146 cm³/mol. The molecule has 5 rings (SSSR count). The van der Waals surface area contributed by atoms with Gasteiger partial charge in [0.1, 0.15) is 24.1 Å². The Hall–Kier alpha value is -2.23. The van der Waals surface area contributed by atoms with Gasteiger partial charge < -0.3 is 44.6 Å². The van der Waals surface area contributed by atoms with Crippen LogP contribution in [0.1, 0.15) is 37.5 Å². The minimum Gasteiger partial charge on any atom is -0.393 e. The first-order chi connectivity index (χ1) is 19.6. The molecule has 0 amide bonds. The maximum Gasteiger partial charge on any atom is 0.361 e. The van der Waals surface area contributed by atoms with E-state index in [1.807, 2.05) is 6.07 Å². The van der Waals surface area contributed by atoms with E-state index in [1.54, 1.807) is 24.3 Å². The fourth-order valence-corrected chi connectivity index (χ4v) is 5.91. The quantitative estimate of drug-likeness (QED) is 0.127. The van der Waals surface area contributed by atoms with E-state index in [1.165, 1.54) is 10.9 Å². The van der Waals surface area contributed by atoms with Crippen molar-refractivity contribution in [3.8, 4) is 0 Å². The highest BCUT2D eigenvalue weighted by Gasteiger charge is 2.51. The van der Waals surface area contributed by atoms with Gasteiger partial charge in [0.25, 0.3) is 0 Å². The molecule has 5 atom stereocenters. The number of hydrogen-bond donors (Lipinski definition) is 6. The first-order valence-electron chi connectivity index (χ1n) is 13.2. The lowest BCUT2D eigenvalue weighted by atomic mass is 10.1. The molecular weight excluding hydrogens is 581 g/mol. The van der Waals surface area contributed by atoms with Crippen molar-refractivity contribution in [3.05, 3.63) is 47.4 Å². The highest BCUT2D eigenvalue weighted by Crippen LogP contribution is 2.51. The molecule has 14 nitrogen and oxygen atoms in total. The molecule has 2 unspecified atom stereocenters. The monoisotopic (exact) mass is 613 g/mol. The molecule has 1 saturated heterocycles. The van der Waals surface area contributed by atoms with Gasteiger partial charge in [0, 0.05) is 6.04 Å². The van der Waals surface area contributed by atoms with E-state index >= 15 is 0 Å². The van der Waals surface area contributed by atoms with Crippen LogP contribution in [0.15, 0.2) is 36.5 Å². The number of anilines is 1. The van der Waals surface area contributed by atoms with E-state index in [0.29, 0.717) is 11.2 Å². The van der Waals surface area contributed by atoms with Crippen LogP contribution in [0.4, 0.5) is 5.82 Å². The molecule has 16 heteroatoms. The van der Waals surface area contributed by atoms with Crippen LogP contribution in [0.5, 0.6) is 0 Å². The first kappa shape index (κ1) is 30.2. The number of aromatic nitrogens is 4. The van der Waals surface area contributed by atoms with Gasteiger partial charge >= 0.3 is 7.60 Å². The second-order valence-corrected chi connectivity index (χ2v) is 12.5. The van der Waals surface area contributed by atoms with Crippen LogP contribution < -0.4 is 5.32 Å². The number of rotatable bonds is 12. The van der Waals surface area contributed by atoms with Gasteiger partial charge in [-0.3, -0.25) is 4.57 Å². The van der Waals surface area contributed by atoms with Crippen LogP contribution in [-0.2, 0) is 25.4 Å². The summed E-state index contributed by atoms with van der Waals surface area (Å²) in [5, 5.41) is 37.3. The molecule has 3 heterocycles. The number of fused-ring (bicyclic) bond motifs is 1. The van der Waals surface area contributed by atoms with Crippen molar-refractivity contribution in [2.24, 2.45) is 0 Å². The maximum absolute atomic E-state index is 12.4. The summed E-state index contributed by atoms with van der Waals surface area (Å²) in [6.45, 7) is -2.29. The van der Waals surface area contributed by atoms with Gasteiger partial charge in [-0.2, -0.15) is 15.1 Å². The van der Waals surface area contributed by atoms with Gasteiger partial charge in [0.2, 0.25) is 10.6 Å². The van der Waals surface area contributed by atoms with E-state index in [4.69, 9.17) is 25.8 Å². The van der Waals surface area contributed by atoms with Crippen LogP contribution in [0.25, 0.3) is 11.0 Å². The Kier molecular flexibility index (Phi) is 9.26. The molecule has 224 valence electrons. The molecule has 1 aromatic carbocycles. The molecule has 2 aliphatic rings. The molecule has 6 N–H and O–H groups in total. The van der Waals surface area contributed by atoms with Crippen LogP contribution >= 0.6 is 19.2 Å². The average Bonchev–Trinajstić information content (AvgIpc) is 3.67. The third kappa shape index (κ3) is 6.42. The Bertz CT molecular complexity index is 1370. The van der Waals surface area contributed by atoms with Gasteiger partial charge in [0.15, 0.2) is 11.9 Å². The number of ether oxygens (including phenoxy) is 3. The lowest BCUT2D eigenvalue weighted by Gasteiger charge is -2.33. The number of benzene rings is 1. The van der Waals surface area contributed by atoms with Gasteiger partial charge in [-0.25, -0.2) is 4.68 Å². The highest BCUT2D eigenvalue weighted by molar-refractivity contribution is 7.53. The Morgan fingerprint density at radius 2 is 1.88 bits per heavy atom. The standard InChI is InChI=1S/C25H33ClN5O9P/c26-24-29-21(28-16-8-4-5-9-16)17-10-27-31(22(17)30-24)23-20(34)19(33)18(40-23)12-39-25(13-32,41(35,36)37)14-38-11-15-6-2-1-3-7-15/h1-3,6-7,10,16,18-20,23,32-34H,4-5,8-9,11-14H2,(H,28,29,30)(H2,35,36,37)/t18?,19-,20-,23-,25?/m1/s1. The molecule has 2 aromatic heterocycles. The smallest absolute Gasteiger partial charge is 0.361 e. The van der Waals surface area contributed by atoms with Crippen molar-refractivity contribution in [3.63, 3.8) is 0 Å². The number of nitrogens with zero attached hydrogens (tertiary/aromatic N) is 4. The van der Waals surface area contributed by atoms with Gasteiger partial charge in [-0.15, -0.1) is 0 Å². The van der Waals surface area contributed by atoms with Crippen LogP contribution in [0.3, 0.4) is 0 Å². The molecule has 1 saturated carbocycles. The summed E-state index contributed by atoms with van der Waals surface area (Å²) in [7, 11) is -5.09. The summed E-state index contributed by atoms with van der Waals surface area (Å²) >= 11 is 6.19. The zero-order valence-corrected chi connectivity index (χ0v) is 23.6. The molecule has 0 spiro atoms.